The molecule has 1 aromatic rings. The number of benzene rings is 1. The van der Waals surface area contributed by atoms with Gasteiger partial charge in [0.15, 0.2) is 5.96 Å². The minimum absolute atomic E-state index is 0.557. The van der Waals surface area contributed by atoms with Gasteiger partial charge in [0.1, 0.15) is 0 Å². The van der Waals surface area contributed by atoms with Gasteiger partial charge >= 0.3 is 0 Å². The lowest BCUT2D eigenvalue weighted by Gasteiger charge is -2.24. The molecule has 1 heterocycles. The SMILES string of the molecule is C=CCNC(=NCCN1c2ccccc2CC1C)NCC. The fourth-order valence-electron chi connectivity index (χ4n) is 2.75. The molecule has 0 saturated heterocycles. The summed E-state index contributed by atoms with van der Waals surface area (Å²) in [6, 6.07) is 9.23. The summed E-state index contributed by atoms with van der Waals surface area (Å²) < 4.78 is 0. The molecule has 0 saturated carbocycles. The van der Waals surface area contributed by atoms with E-state index in [0.717, 1.165) is 38.6 Å². The van der Waals surface area contributed by atoms with Gasteiger partial charge in [0.2, 0.25) is 0 Å². The van der Waals surface area contributed by atoms with Crippen molar-refractivity contribution in [3.63, 3.8) is 0 Å². The fraction of sp³-hybridized carbons (Fsp3) is 0.471. The van der Waals surface area contributed by atoms with E-state index in [1.807, 2.05) is 6.08 Å². The molecule has 0 spiro atoms. The van der Waals surface area contributed by atoms with Gasteiger partial charge in [-0.05, 0) is 31.9 Å². The third-order valence-corrected chi connectivity index (χ3v) is 3.72. The highest BCUT2D eigenvalue weighted by molar-refractivity contribution is 5.79. The van der Waals surface area contributed by atoms with Crippen LogP contribution in [0, 0.1) is 0 Å². The molecule has 2 N–H and O–H groups in total. The Bertz CT molecular complexity index is 495. The summed E-state index contributed by atoms with van der Waals surface area (Å²) in [5, 5.41) is 6.47. The summed E-state index contributed by atoms with van der Waals surface area (Å²) in [6.45, 7) is 11.4. The zero-order chi connectivity index (χ0) is 15.1. The van der Waals surface area contributed by atoms with E-state index in [1.54, 1.807) is 0 Å². The van der Waals surface area contributed by atoms with Crippen molar-refractivity contribution < 1.29 is 0 Å². The monoisotopic (exact) mass is 286 g/mol. The number of hydrogen-bond donors (Lipinski definition) is 2. The van der Waals surface area contributed by atoms with Crippen molar-refractivity contribution in [3.8, 4) is 0 Å². The molecule has 1 atom stereocenters. The molecule has 21 heavy (non-hydrogen) atoms. The van der Waals surface area contributed by atoms with Crippen molar-refractivity contribution >= 4 is 11.6 Å². The van der Waals surface area contributed by atoms with E-state index in [2.05, 4.69) is 65.2 Å². The molecule has 114 valence electrons. The number of para-hydroxylation sites is 1. The normalized spacial score (nSPS) is 17.5. The standard InChI is InChI=1S/C17H26N4/c1-4-10-19-17(18-5-2)20-11-12-21-14(3)13-15-8-6-7-9-16(15)21/h4,6-9,14H,1,5,10-13H2,2-3H3,(H2,18,19,20). The maximum absolute atomic E-state index is 4.63. The van der Waals surface area contributed by atoms with Crippen LogP contribution >= 0.6 is 0 Å². The first-order valence-corrected chi connectivity index (χ1v) is 7.74. The fourth-order valence-corrected chi connectivity index (χ4v) is 2.75. The number of fused-ring (bicyclic) bond motifs is 1. The van der Waals surface area contributed by atoms with Gasteiger partial charge in [0, 0.05) is 31.4 Å². The molecule has 2 rings (SSSR count). The molecule has 4 heteroatoms. The molecular weight excluding hydrogens is 260 g/mol. The van der Waals surface area contributed by atoms with Crippen LogP contribution in [0.25, 0.3) is 0 Å². The Morgan fingerprint density at radius 3 is 3.00 bits per heavy atom. The van der Waals surface area contributed by atoms with Crippen LogP contribution in [0.15, 0.2) is 41.9 Å². The number of hydrogen-bond acceptors (Lipinski definition) is 2. The first-order chi connectivity index (χ1) is 10.3. The van der Waals surface area contributed by atoms with Crippen molar-refractivity contribution in [2.75, 3.05) is 31.1 Å². The quantitative estimate of drug-likeness (QED) is 0.478. The van der Waals surface area contributed by atoms with E-state index in [0.29, 0.717) is 6.04 Å². The third kappa shape index (κ3) is 4.00. The third-order valence-electron chi connectivity index (χ3n) is 3.72. The summed E-state index contributed by atoms with van der Waals surface area (Å²) in [5.41, 5.74) is 2.81. The Hall–Kier alpha value is -1.97. The smallest absolute Gasteiger partial charge is 0.191 e. The lowest BCUT2D eigenvalue weighted by atomic mass is 10.1. The Labute approximate surface area is 128 Å². The van der Waals surface area contributed by atoms with E-state index >= 15 is 0 Å². The van der Waals surface area contributed by atoms with Crippen molar-refractivity contribution in [1.82, 2.24) is 10.6 Å². The molecule has 0 radical (unpaired) electrons. The first kappa shape index (κ1) is 15.4. The largest absolute Gasteiger partial charge is 0.366 e. The predicted octanol–water partition coefficient (Wildman–Crippen LogP) is 2.18. The van der Waals surface area contributed by atoms with E-state index < -0.39 is 0 Å². The van der Waals surface area contributed by atoms with Crippen molar-refractivity contribution in [2.24, 2.45) is 4.99 Å². The minimum Gasteiger partial charge on any atom is -0.366 e. The molecule has 0 aliphatic carbocycles. The highest BCUT2D eigenvalue weighted by Crippen LogP contribution is 2.31. The van der Waals surface area contributed by atoms with E-state index in [-0.39, 0.29) is 0 Å². The van der Waals surface area contributed by atoms with E-state index in [4.69, 9.17) is 0 Å². The van der Waals surface area contributed by atoms with Crippen molar-refractivity contribution in [3.05, 3.63) is 42.5 Å². The van der Waals surface area contributed by atoms with Gasteiger partial charge in [-0.25, -0.2) is 0 Å². The lowest BCUT2D eigenvalue weighted by molar-refractivity contribution is 0.672. The summed E-state index contributed by atoms with van der Waals surface area (Å²) in [5.74, 6) is 0.859. The van der Waals surface area contributed by atoms with Gasteiger partial charge < -0.3 is 15.5 Å². The molecule has 1 unspecified atom stereocenters. The highest BCUT2D eigenvalue weighted by Gasteiger charge is 2.24. The highest BCUT2D eigenvalue weighted by atomic mass is 15.2. The molecule has 0 fully saturated rings. The number of aliphatic imine (C=N–C) groups is 1. The molecule has 0 amide bonds. The van der Waals surface area contributed by atoms with Gasteiger partial charge in [0.25, 0.3) is 0 Å². The van der Waals surface area contributed by atoms with Crippen molar-refractivity contribution in [1.29, 1.82) is 0 Å². The van der Waals surface area contributed by atoms with Gasteiger partial charge in [-0.3, -0.25) is 4.99 Å². The van der Waals surface area contributed by atoms with E-state index in [9.17, 15) is 0 Å². The van der Waals surface area contributed by atoms with Crippen LogP contribution in [0.1, 0.15) is 19.4 Å². The average Bonchev–Trinajstić information content (AvgIpc) is 2.81. The number of guanidine groups is 1. The Morgan fingerprint density at radius 1 is 1.43 bits per heavy atom. The molecule has 1 aliphatic heterocycles. The second kappa shape index (κ2) is 7.72. The number of nitrogens with zero attached hydrogens (tertiary/aromatic N) is 2. The topological polar surface area (TPSA) is 39.7 Å². The minimum atomic E-state index is 0.557. The summed E-state index contributed by atoms with van der Waals surface area (Å²) >= 11 is 0. The van der Waals surface area contributed by atoms with Crippen LogP contribution in [-0.2, 0) is 6.42 Å². The lowest BCUT2D eigenvalue weighted by Crippen LogP contribution is -2.38. The first-order valence-electron chi connectivity index (χ1n) is 7.74. The van der Waals surface area contributed by atoms with Crippen LogP contribution in [0.4, 0.5) is 5.69 Å². The molecule has 1 aromatic carbocycles. The second-order valence-corrected chi connectivity index (χ2v) is 5.31. The van der Waals surface area contributed by atoms with Gasteiger partial charge in [-0.1, -0.05) is 24.3 Å². The molecule has 0 aromatic heterocycles. The number of anilines is 1. The Morgan fingerprint density at radius 2 is 2.24 bits per heavy atom. The average molecular weight is 286 g/mol. The maximum Gasteiger partial charge on any atom is 0.191 e. The van der Waals surface area contributed by atoms with Gasteiger partial charge in [-0.15, -0.1) is 6.58 Å². The van der Waals surface area contributed by atoms with Crippen LogP contribution in [0.2, 0.25) is 0 Å². The molecule has 0 bridgehead atoms. The van der Waals surface area contributed by atoms with Crippen LogP contribution in [0.3, 0.4) is 0 Å². The van der Waals surface area contributed by atoms with Crippen LogP contribution < -0.4 is 15.5 Å². The summed E-state index contributed by atoms with van der Waals surface area (Å²) in [7, 11) is 0. The second-order valence-electron chi connectivity index (χ2n) is 5.31. The zero-order valence-corrected chi connectivity index (χ0v) is 13.1. The number of rotatable bonds is 6. The maximum atomic E-state index is 4.63. The van der Waals surface area contributed by atoms with Crippen LogP contribution in [-0.4, -0.2) is 38.2 Å². The molecule has 1 aliphatic rings. The summed E-state index contributed by atoms with van der Waals surface area (Å²) in [4.78, 5) is 7.08. The van der Waals surface area contributed by atoms with Crippen molar-refractivity contribution in [2.45, 2.75) is 26.3 Å². The molecule has 4 nitrogen and oxygen atoms in total. The Kier molecular flexibility index (Phi) is 5.67. The Balaban J connectivity index is 1.94. The van der Waals surface area contributed by atoms with Gasteiger partial charge in [-0.2, -0.15) is 0 Å². The molecular formula is C17H26N4. The summed E-state index contributed by atoms with van der Waals surface area (Å²) in [6.07, 6.45) is 2.97. The zero-order valence-electron chi connectivity index (χ0n) is 13.1. The van der Waals surface area contributed by atoms with E-state index in [1.165, 1.54) is 11.3 Å². The van der Waals surface area contributed by atoms with Gasteiger partial charge in [0.05, 0.1) is 6.54 Å². The number of nitrogens with one attached hydrogen (secondary N) is 2. The van der Waals surface area contributed by atoms with Crippen LogP contribution in [0.5, 0.6) is 0 Å². The predicted molar refractivity (Wildman–Crippen MR) is 91.1 cm³/mol.